The van der Waals surface area contributed by atoms with Crippen molar-refractivity contribution in [2.75, 3.05) is 0 Å². The summed E-state index contributed by atoms with van der Waals surface area (Å²) in [7, 11) is 14.9. The number of nitrogens with one attached hydrogen (secondary N) is 1. The minimum absolute atomic E-state index is 0.507. The summed E-state index contributed by atoms with van der Waals surface area (Å²) in [6, 6.07) is 7.25. The Kier molecular flexibility index (Phi) is 13.7. The molecule has 8 heteroatoms. The Labute approximate surface area is 106 Å². The van der Waals surface area contributed by atoms with Gasteiger partial charge in [0.15, 0.2) is 0 Å². The van der Waals surface area contributed by atoms with E-state index in [1.165, 1.54) is 0 Å². The van der Waals surface area contributed by atoms with Gasteiger partial charge >= 0.3 is 42.4 Å². The van der Waals surface area contributed by atoms with E-state index in [0.29, 0.717) is 5.69 Å². The second-order valence-corrected chi connectivity index (χ2v) is 11.7. The van der Waals surface area contributed by atoms with Gasteiger partial charge in [-0.1, -0.05) is 6.07 Å². The van der Waals surface area contributed by atoms with Crippen molar-refractivity contribution in [3.05, 3.63) is 52.6 Å². The maximum absolute atomic E-state index is 8.00. The van der Waals surface area contributed by atoms with Crippen LogP contribution in [-0.2, 0) is 14.2 Å². The summed E-state index contributed by atoms with van der Waals surface area (Å²) in [6.07, 6.45) is 0. The van der Waals surface area contributed by atoms with E-state index >= 15 is 0 Å². The number of hydrogen-bond acceptors (Lipinski definition) is 3. The van der Waals surface area contributed by atoms with Crippen molar-refractivity contribution in [2.24, 2.45) is 5.34 Å². The molecule has 0 aliphatic carbocycles. The molecule has 0 atom stereocenters. The third-order valence-corrected chi connectivity index (χ3v) is 1.02. The van der Waals surface area contributed by atoms with Gasteiger partial charge in [-0.25, -0.2) is 12.5 Å². The molecule has 15 heavy (non-hydrogen) atoms. The first-order valence-electron chi connectivity index (χ1n) is 3.15. The van der Waals surface area contributed by atoms with Crippen molar-refractivity contribution in [3.8, 4) is 0 Å². The molecule has 0 aliphatic rings. The second kappa shape index (κ2) is 11.9. The summed E-state index contributed by atoms with van der Waals surface area (Å²) in [5, 5.41) is 9.00. The monoisotopic (exact) mass is 451 g/mol. The Balaban J connectivity index is 0. The van der Waals surface area contributed by atoms with Gasteiger partial charge in [-0.2, -0.15) is 6.07 Å². The third-order valence-electron chi connectivity index (χ3n) is 1.02. The SMILES string of the molecule is O=N[O-].[CH2-]c1ccccc1[NH-].[Cl][Pt]([Cl])[Cl]. The van der Waals surface area contributed by atoms with Crippen molar-refractivity contribution >= 4 is 33.9 Å². The van der Waals surface area contributed by atoms with Gasteiger partial charge in [0.1, 0.15) is 0 Å². The molecule has 0 unspecified atom stereocenters. The molecule has 0 fully saturated rings. The minimum atomic E-state index is -1.85. The van der Waals surface area contributed by atoms with Gasteiger partial charge in [0.25, 0.3) is 0 Å². The number of rotatable bonds is 0. The summed E-state index contributed by atoms with van der Waals surface area (Å²) in [5.41, 5.74) is 8.45. The normalized spacial score (nSPS) is 8.60. The predicted octanol–water partition coefficient (Wildman–Crippen LogP) is 4.87. The molecule has 1 N–H and O–H groups in total. The molecule has 0 aromatic heterocycles. The van der Waals surface area contributed by atoms with Crippen molar-refractivity contribution < 1.29 is 14.2 Å². The molecule has 1 rings (SSSR count). The van der Waals surface area contributed by atoms with Crippen LogP contribution in [0.15, 0.2) is 29.6 Å². The zero-order valence-corrected chi connectivity index (χ0v) is 11.8. The molecular formula is C7H7Cl3N2O2Pt-3. The molecule has 0 heterocycles. The zero-order chi connectivity index (χ0) is 12.3. The Bertz CT molecular complexity index is 252. The van der Waals surface area contributed by atoms with Crippen LogP contribution < -0.4 is 0 Å². The third kappa shape index (κ3) is 16.5. The van der Waals surface area contributed by atoms with E-state index in [0.717, 1.165) is 10.9 Å². The Morgan fingerprint density at radius 1 is 1.33 bits per heavy atom. The zero-order valence-electron chi connectivity index (χ0n) is 7.23. The van der Waals surface area contributed by atoms with Crippen LogP contribution in [0.25, 0.3) is 5.73 Å². The number of nitrogens with zero attached hydrogens (tertiary/aromatic N) is 1. The molecule has 0 radical (unpaired) electrons. The average Bonchev–Trinajstić information content (AvgIpc) is 2.10. The number of benzene rings is 1. The van der Waals surface area contributed by atoms with Crippen LogP contribution in [0.5, 0.6) is 0 Å². The first-order valence-corrected chi connectivity index (χ1v) is 11.6. The fourth-order valence-electron chi connectivity index (χ4n) is 0.520. The summed E-state index contributed by atoms with van der Waals surface area (Å²) in [5.74, 6) is 0. The van der Waals surface area contributed by atoms with Crippen molar-refractivity contribution in [2.45, 2.75) is 0 Å². The quantitative estimate of drug-likeness (QED) is 0.320. The predicted molar refractivity (Wildman–Crippen MR) is 61.6 cm³/mol. The molecule has 0 saturated carbocycles. The second-order valence-electron chi connectivity index (χ2n) is 1.87. The molecular weight excluding hydrogens is 446 g/mol. The van der Waals surface area contributed by atoms with Crippen LogP contribution in [-0.4, -0.2) is 0 Å². The van der Waals surface area contributed by atoms with E-state index in [1.54, 1.807) is 6.07 Å². The Hall–Kier alpha value is -0.152. The molecule has 1 aromatic rings. The number of hydrogen-bond donors (Lipinski definition) is 0. The van der Waals surface area contributed by atoms with Crippen LogP contribution in [0.4, 0.5) is 5.69 Å². The molecule has 1 aromatic carbocycles. The molecule has 91 valence electrons. The van der Waals surface area contributed by atoms with Crippen LogP contribution in [0.1, 0.15) is 5.56 Å². The summed E-state index contributed by atoms with van der Waals surface area (Å²) >= 11 is -1.85. The Morgan fingerprint density at radius 3 is 1.87 bits per heavy atom. The van der Waals surface area contributed by atoms with Gasteiger partial charge < -0.3 is 15.8 Å². The fourth-order valence-corrected chi connectivity index (χ4v) is 0.520. The number of halogens is 3. The Morgan fingerprint density at radius 2 is 1.67 bits per heavy atom. The molecule has 0 aliphatic heterocycles. The van der Waals surface area contributed by atoms with Gasteiger partial charge in [-0.05, 0) is 0 Å². The van der Waals surface area contributed by atoms with Crippen molar-refractivity contribution in [3.63, 3.8) is 0 Å². The molecule has 0 saturated heterocycles. The molecule has 0 bridgehead atoms. The maximum atomic E-state index is 8.00. The van der Waals surface area contributed by atoms with E-state index in [1.807, 2.05) is 18.2 Å². The molecule has 0 spiro atoms. The van der Waals surface area contributed by atoms with Crippen LogP contribution in [0.3, 0.4) is 0 Å². The van der Waals surface area contributed by atoms with Gasteiger partial charge in [0.2, 0.25) is 0 Å². The van der Waals surface area contributed by atoms with Gasteiger partial charge in [0.05, 0.1) is 0 Å². The van der Waals surface area contributed by atoms with Gasteiger partial charge in [-0.15, -0.1) is 17.5 Å². The average molecular weight is 453 g/mol. The van der Waals surface area contributed by atoms with Gasteiger partial charge in [-0.3, -0.25) is 5.69 Å². The topological polar surface area (TPSA) is 76.3 Å². The van der Waals surface area contributed by atoms with Crippen LogP contribution in [0.2, 0.25) is 0 Å². The first-order chi connectivity index (χ1) is 6.95. The standard InChI is InChI=1S/C7H7N.3ClH.HNO2.Pt/c1-6-4-2-3-5-7(6)8;;;;2-1-3;/h2-5,8H,1H2;3*1H;(H,2,3);/q-2;;;;;+3/p-4. The molecule has 0 amide bonds. The molecule has 4 nitrogen and oxygen atoms in total. The first kappa shape index (κ1) is 17.2. The van der Waals surface area contributed by atoms with Crippen molar-refractivity contribution in [1.29, 1.82) is 0 Å². The van der Waals surface area contributed by atoms with E-state index in [-0.39, 0.29) is 0 Å². The summed E-state index contributed by atoms with van der Waals surface area (Å²) in [4.78, 5) is 8.00. The van der Waals surface area contributed by atoms with Crippen LogP contribution >= 0.6 is 28.3 Å². The summed E-state index contributed by atoms with van der Waals surface area (Å²) in [6.45, 7) is 3.63. The van der Waals surface area contributed by atoms with E-state index in [9.17, 15) is 0 Å². The van der Waals surface area contributed by atoms with Gasteiger partial charge in [0, 0.05) is 0 Å². The van der Waals surface area contributed by atoms with Crippen LogP contribution in [0, 0.1) is 17.0 Å². The fraction of sp³-hybridized carbons (Fsp3) is 0. The summed E-state index contributed by atoms with van der Waals surface area (Å²) < 4.78 is 0. The van der Waals surface area contributed by atoms with E-state index in [2.05, 4.69) is 6.92 Å². The van der Waals surface area contributed by atoms with Crippen molar-refractivity contribution in [1.82, 2.24) is 0 Å². The van der Waals surface area contributed by atoms with E-state index in [4.69, 9.17) is 44.1 Å². The van der Waals surface area contributed by atoms with E-state index < -0.39 is 14.2 Å².